The van der Waals surface area contributed by atoms with E-state index in [1.165, 1.54) is 37.1 Å². The maximum Gasteiger partial charge on any atom is 0.305 e. The minimum absolute atomic E-state index is 0.0519. The minimum atomic E-state index is -1.00. The van der Waals surface area contributed by atoms with Crippen molar-refractivity contribution in [1.29, 1.82) is 0 Å². The molecule has 0 bridgehead atoms. The SMILES string of the molecule is Cc1c(C(=O)N(C)CCC(=O)O)cccc1[N+](=O)[O-]. The van der Waals surface area contributed by atoms with E-state index in [9.17, 15) is 19.7 Å². The number of nitrogens with zero attached hydrogens (tertiary/aromatic N) is 2. The van der Waals surface area contributed by atoms with Crippen LogP contribution in [0.3, 0.4) is 0 Å². The van der Waals surface area contributed by atoms with Gasteiger partial charge in [0.2, 0.25) is 0 Å². The van der Waals surface area contributed by atoms with Gasteiger partial charge in [-0.2, -0.15) is 0 Å². The van der Waals surface area contributed by atoms with E-state index in [0.717, 1.165) is 0 Å². The first-order valence-corrected chi connectivity index (χ1v) is 5.56. The molecule has 0 heterocycles. The van der Waals surface area contributed by atoms with Crippen LogP contribution in [0.5, 0.6) is 0 Å². The van der Waals surface area contributed by atoms with E-state index in [2.05, 4.69) is 0 Å². The number of carbonyl (C=O) groups is 2. The van der Waals surface area contributed by atoms with E-state index in [1.807, 2.05) is 0 Å². The molecule has 19 heavy (non-hydrogen) atoms. The molecule has 0 aliphatic carbocycles. The molecule has 0 radical (unpaired) electrons. The molecule has 0 fully saturated rings. The highest BCUT2D eigenvalue weighted by molar-refractivity contribution is 5.96. The molecule has 7 heteroatoms. The third-order valence-corrected chi connectivity index (χ3v) is 2.74. The second-order valence-electron chi connectivity index (χ2n) is 4.08. The summed E-state index contributed by atoms with van der Waals surface area (Å²) in [6.07, 6.45) is -0.170. The molecule has 0 aliphatic rings. The van der Waals surface area contributed by atoms with E-state index in [4.69, 9.17) is 5.11 Å². The normalized spacial score (nSPS) is 10.0. The van der Waals surface area contributed by atoms with Gasteiger partial charge < -0.3 is 10.0 Å². The van der Waals surface area contributed by atoms with Crippen LogP contribution >= 0.6 is 0 Å². The number of nitro benzene ring substituents is 1. The number of carboxylic acid groups (broad SMARTS) is 1. The monoisotopic (exact) mass is 266 g/mol. The Bertz CT molecular complexity index is 527. The quantitative estimate of drug-likeness (QED) is 0.642. The maximum atomic E-state index is 12.1. The lowest BCUT2D eigenvalue weighted by Crippen LogP contribution is -2.29. The first kappa shape index (κ1) is 14.6. The number of carboxylic acids is 1. The number of aliphatic carboxylic acids is 1. The Morgan fingerprint density at radius 2 is 2.05 bits per heavy atom. The van der Waals surface area contributed by atoms with Crippen LogP contribution in [-0.4, -0.2) is 40.4 Å². The Hall–Kier alpha value is -2.44. The lowest BCUT2D eigenvalue weighted by Gasteiger charge is -2.17. The zero-order valence-corrected chi connectivity index (χ0v) is 10.6. The largest absolute Gasteiger partial charge is 0.481 e. The van der Waals surface area contributed by atoms with Crippen molar-refractivity contribution in [2.75, 3.05) is 13.6 Å². The predicted molar refractivity (Wildman–Crippen MR) is 67.0 cm³/mol. The van der Waals surface area contributed by atoms with Crippen LogP contribution in [0, 0.1) is 17.0 Å². The van der Waals surface area contributed by atoms with Gasteiger partial charge in [0.1, 0.15) is 0 Å². The van der Waals surface area contributed by atoms with E-state index >= 15 is 0 Å². The van der Waals surface area contributed by atoms with Gasteiger partial charge in [-0.15, -0.1) is 0 Å². The summed E-state index contributed by atoms with van der Waals surface area (Å²) in [5, 5.41) is 19.3. The molecule has 0 saturated carbocycles. The Kier molecular flexibility index (Phi) is 4.57. The molecule has 0 aromatic heterocycles. The summed E-state index contributed by atoms with van der Waals surface area (Å²) in [6.45, 7) is 1.55. The molecule has 1 rings (SSSR count). The standard InChI is InChI=1S/C12H14N2O5/c1-8-9(4-3-5-10(8)14(18)19)12(17)13(2)7-6-11(15)16/h3-5H,6-7H2,1-2H3,(H,15,16). The second-order valence-corrected chi connectivity index (χ2v) is 4.08. The zero-order valence-electron chi connectivity index (χ0n) is 10.6. The van der Waals surface area contributed by atoms with Crippen LogP contribution in [0.4, 0.5) is 5.69 Å². The molecule has 102 valence electrons. The Morgan fingerprint density at radius 1 is 1.42 bits per heavy atom. The fourth-order valence-electron chi connectivity index (χ4n) is 1.62. The Balaban J connectivity index is 2.97. The summed E-state index contributed by atoms with van der Waals surface area (Å²) < 4.78 is 0. The molecule has 1 aromatic carbocycles. The Morgan fingerprint density at radius 3 is 2.58 bits per heavy atom. The fraction of sp³-hybridized carbons (Fsp3) is 0.333. The van der Waals surface area contributed by atoms with Crippen molar-refractivity contribution >= 4 is 17.6 Å². The van der Waals surface area contributed by atoms with E-state index < -0.39 is 16.8 Å². The van der Waals surface area contributed by atoms with Gasteiger partial charge in [0.05, 0.1) is 11.3 Å². The van der Waals surface area contributed by atoms with Crippen molar-refractivity contribution in [3.05, 3.63) is 39.4 Å². The summed E-state index contributed by atoms with van der Waals surface area (Å²) in [5.74, 6) is -1.43. The van der Waals surface area contributed by atoms with Crippen LogP contribution in [0.1, 0.15) is 22.3 Å². The summed E-state index contributed by atoms with van der Waals surface area (Å²) in [7, 11) is 1.46. The summed E-state index contributed by atoms with van der Waals surface area (Å²) in [4.78, 5) is 34.0. The van der Waals surface area contributed by atoms with E-state index in [-0.39, 0.29) is 29.8 Å². The lowest BCUT2D eigenvalue weighted by atomic mass is 10.1. The molecule has 1 N–H and O–H groups in total. The van der Waals surface area contributed by atoms with Crippen molar-refractivity contribution in [2.45, 2.75) is 13.3 Å². The summed E-state index contributed by atoms with van der Waals surface area (Å²) >= 11 is 0. The summed E-state index contributed by atoms with van der Waals surface area (Å²) in [6, 6.07) is 4.24. The van der Waals surface area contributed by atoms with Gasteiger partial charge in [-0.25, -0.2) is 0 Å². The van der Waals surface area contributed by atoms with Crippen LogP contribution in [0.15, 0.2) is 18.2 Å². The molecule has 0 aliphatic heterocycles. The molecular formula is C12H14N2O5. The van der Waals surface area contributed by atoms with Gasteiger partial charge in [0.15, 0.2) is 0 Å². The van der Waals surface area contributed by atoms with Crippen molar-refractivity contribution in [2.24, 2.45) is 0 Å². The van der Waals surface area contributed by atoms with Crippen LogP contribution in [0.2, 0.25) is 0 Å². The first-order chi connectivity index (χ1) is 8.84. The number of carbonyl (C=O) groups excluding carboxylic acids is 1. The van der Waals surface area contributed by atoms with Crippen molar-refractivity contribution in [3.8, 4) is 0 Å². The number of rotatable bonds is 5. The predicted octanol–water partition coefficient (Wildman–Crippen LogP) is 1.45. The average Bonchev–Trinajstić information content (AvgIpc) is 2.34. The number of hydrogen-bond acceptors (Lipinski definition) is 4. The van der Waals surface area contributed by atoms with Gasteiger partial charge >= 0.3 is 5.97 Å². The highest BCUT2D eigenvalue weighted by Crippen LogP contribution is 2.22. The van der Waals surface area contributed by atoms with Crippen molar-refractivity contribution in [3.63, 3.8) is 0 Å². The topological polar surface area (TPSA) is 101 Å². The highest BCUT2D eigenvalue weighted by Gasteiger charge is 2.20. The van der Waals surface area contributed by atoms with Crippen molar-refractivity contribution < 1.29 is 19.6 Å². The molecule has 1 aromatic rings. The molecule has 0 atom stereocenters. The molecule has 0 spiro atoms. The smallest absolute Gasteiger partial charge is 0.305 e. The minimum Gasteiger partial charge on any atom is -0.481 e. The average molecular weight is 266 g/mol. The molecule has 7 nitrogen and oxygen atoms in total. The van der Waals surface area contributed by atoms with Gasteiger partial charge in [-0.1, -0.05) is 6.07 Å². The van der Waals surface area contributed by atoms with Gasteiger partial charge in [-0.3, -0.25) is 19.7 Å². The molecular weight excluding hydrogens is 252 g/mol. The second kappa shape index (κ2) is 5.94. The lowest BCUT2D eigenvalue weighted by molar-refractivity contribution is -0.385. The van der Waals surface area contributed by atoms with Crippen LogP contribution in [0.25, 0.3) is 0 Å². The number of nitro groups is 1. The van der Waals surface area contributed by atoms with Crippen LogP contribution < -0.4 is 0 Å². The fourth-order valence-corrected chi connectivity index (χ4v) is 1.62. The van der Waals surface area contributed by atoms with Crippen molar-refractivity contribution in [1.82, 2.24) is 4.90 Å². The van der Waals surface area contributed by atoms with E-state index in [1.54, 1.807) is 0 Å². The Labute approximate surface area is 109 Å². The third kappa shape index (κ3) is 3.51. The van der Waals surface area contributed by atoms with Gasteiger partial charge in [0, 0.05) is 30.8 Å². The molecule has 0 saturated heterocycles. The maximum absolute atomic E-state index is 12.1. The number of hydrogen-bond donors (Lipinski definition) is 1. The third-order valence-electron chi connectivity index (χ3n) is 2.74. The first-order valence-electron chi connectivity index (χ1n) is 5.56. The highest BCUT2D eigenvalue weighted by atomic mass is 16.6. The molecule has 1 amide bonds. The van der Waals surface area contributed by atoms with Gasteiger partial charge in [0.25, 0.3) is 11.6 Å². The summed E-state index contributed by atoms with van der Waals surface area (Å²) in [5.41, 5.74) is 0.360. The number of amides is 1. The van der Waals surface area contributed by atoms with Gasteiger partial charge in [-0.05, 0) is 13.0 Å². The van der Waals surface area contributed by atoms with E-state index in [0.29, 0.717) is 0 Å². The number of benzene rings is 1. The zero-order chi connectivity index (χ0) is 14.6. The molecule has 0 unspecified atom stereocenters. The van der Waals surface area contributed by atoms with Crippen LogP contribution in [-0.2, 0) is 4.79 Å².